The Hall–Kier alpha value is -2.39. The predicted octanol–water partition coefficient (Wildman–Crippen LogP) is 4.16. The summed E-state index contributed by atoms with van der Waals surface area (Å²) in [6.07, 6.45) is 15.8. The molecule has 0 amide bonds. The van der Waals surface area contributed by atoms with Crippen LogP contribution in [0.5, 0.6) is 0 Å². The van der Waals surface area contributed by atoms with Crippen molar-refractivity contribution >= 4 is 23.1 Å². The van der Waals surface area contributed by atoms with E-state index in [1.165, 1.54) is 41.3 Å². The molecule has 3 nitrogen and oxygen atoms in total. The van der Waals surface area contributed by atoms with Crippen LogP contribution in [0.3, 0.4) is 0 Å². The molecule has 130 valence electrons. The molecule has 0 fully saturated rings. The lowest BCUT2D eigenvalue weighted by Gasteiger charge is -1.98. The quantitative estimate of drug-likeness (QED) is 0.487. The Morgan fingerprint density at radius 2 is 1.72 bits per heavy atom. The molecule has 2 N–H and O–H groups in total. The van der Waals surface area contributed by atoms with E-state index in [1.807, 2.05) is 0 Å². The normalized spacial score (nSPS) is 11.6. The number of fused-ring (bicyclic) bond motifs is 1. The zero-order chi connectivity index (χ0) is 17.5. The molecule has 0 aliphatic carbocycles. The van der Waals surface area contributed by atoms with Gasteiger partial charge < -0.3 is 10.3 Å². The monoisotopic (exact) mass is 334 g/mol. The van der Waals surface area contributed by atoms with Crippen molar-refractivity contribution in [1.82, 2.24) is 4.57 Å². The van der Waals surface area contributed by atoms with Crippen LogP contribution in [0.25, 0.3) is 23.1 Å². The van der Waals surface area contributed by atoms with Gasteiger partial charge in [0.25, 0.3) is 0 Å². The molecule has 0 bridgehead atoms. The number of aromatic nitrogens is 2. The summed E-state index contributed by atoms with van der Waals surface area (Å²) in [5.41, 5.74) is 9.28. The van der Waals surface area contributed by atoms with E-state index in [-0.39, 0.29) is 0 Å². The predicted molar refractivity (Wildman–Crippen MR) is 106 cm³/mol. The number of rotatable bonds is 8. The third-order valence-corrected chi connectivity index (χ3v) is 4.67. The molecule has 3 rings (SSSR count). The average molecular weight is 334 g/mol. The third-order valence-electron chi connectivity index (χ3n) is 4.67. The fourth-order valence-corrected chi connectivity index (χ4v) is 3.21. The molecule has 3 aromatic rings. The Morgan fingerprint density at radius 3 is 2.52 bits per heavy atom. The summed E-state index contributed by atoms with van der Waals surface area (Å²) in [5.74, 6) is 0. The van der Waals surface area contributed by atoms with E-state index in [0.29, 0.717) is 0 Å². The number of aryl methyl sites for hydroxylation is 2. The summed E-state index contributed by atoms with van der Waals surface area (Å²) in [6.45, 7) is 1.89. The van der Waals surface area contributed by atoms with Gasteiger partial charge in [0.1, 0.15) is 6.54 Å². The number of benzene rings is 1. The molecule has 25 heavy (non-hydrogen) atoms. The number of pyridine rings is 1. The highest BCUT2D eigenvalue weighted by atomic mass is 14.9. The van der Waals surface area contributed by atoms with Gasteiger partial charge in [-0.2, -0.15) is 0 Å². The molecule has 0 saturated heterocycles. The number of hydrogen-bond acceptors (Lipinski definition) is 1. The van der Waals surface area contributed by atoms with Crippen molar-refractivity contribution in [2.45, 2.75) is 32.2 Å². The van der Waals surface area contributed by atoms with Crippen molar-refractivity contribution < 1.29 is 4.57 Å². The maximum atomic E-state index is 5.53. The van der Waals surface area contributed by atoms with Crippen LogP contribution >= 0.6 is 0 Å². The van der Waals surface area contributed by atoms with Crippen molar-refractivity contribution in [1.29, 1.82) is 0 Å². The van der Waals surface area contributed by atoms with Crippen LogP contribution in [0, 0.1) is 0 Å². The maximum Gasteiger partial charge on any atom is 0.169 e. The van der Waals surface area contributed by atoms with E-state index in [0.717, 1.165) is 19.5 Å². The fraction of sp³-hybridized carbons (Fsp3) is 0.318. The summed E-state index contributed by atoms with van der Waals surface area (Å²) >= 11 is 0. The van der Waals surface area contributed by atoms with Crippen molar-refractivity contribution in [2.75, 3.05) is 6.54 Å². The van der Waals surface area contributed by atoms with Gasteiger partial charge in [0.2, 0.25) is 0 Å². The highest BCUT2D eigenvalue weighted by Crippen LogP contribution is 2.22. The molecule has 0 unspecified atom stereocenters. The van der Waals surface area contributed by atoms with Crippen LogP contribution in [0.2, 0.25) is 0 Å². The zero-order valence-electron chi connectivity index (χ0n) is 15.1. The van der Waals surface area contributed by atoms with Gasteiger partial charge in [-0.25, -0.2) is 4.57 Å². The second-order valence-corrected chi connectivity index (χ2v) is 6.62. The molecule has 2 heterocycles. The van der Waals surface area contributed by atoms with E-state index >= 15 is 0 Å². The van der Waals surface area contributed by atoms with Gasteiger partial charge in [-0.05, 0) is 36.6 Å². The first-order valence-corrected chi connectivity index (χ1v) is 9.19. The minimum absolute atomic E-state index is 0.810. The second kappa shape index (κ2) is 8.63. The van der Waals surface area contributed by atoms with E-state index in [1.54, 1.807) is 0 Å². The van der Waals surface area contributed by atoms with Crippen LogP contribution in [0.1, 0.15) is 36.8 Å². The smallest absolute Gasteiger partial charge is 0.169 e. The van der Waals surface area contributed by atoms with Gasteiger partial charge in [-0.3, -0.25) is 0 Å². The lowest BCUT2D eigenvalue weighted by molar-refractivity contribution is -0.697. The number of para-hydroxylation sites is 1. The Labute approximate surface area is 150 Å². The van der Waals surface area contributed by atoms with Gasteiger partial charge in [-0.1, -0.05) is 36.8 Å². The summed E-state index contributed by atoms with van der Waals surface area (Å²) in [5, 5.41) is 1.30. The maximum absolute atomic E-state index is 5.53. The highest BCUT2D eigenvalue weighted by Gasteiger charge is 2.03. The standard InChI is InChI=1S/C22H28N3/c1-24-18-20(21-8-4-5-9-22(21)24)11-10-19-12-16-25(17-13-19)15-7-3-2-6-14-23/h4-5,8-13,16-18H,2-3,6-7,14-15,23H2,1H3/q+1. The van der Waals surface area contributed by atoms with Crippen LogP contribution < -0.4 is 10.3 Å². The van der Waals surface area contributed by atoms with Crippen molar-refractivity contribution in [3.63, 3.8) is 0 Å². The van der Waals surface area contributed by atoms with Gasteiger partial charge in [-0.15, -0.1) is 0 Å². The van der Waals surface area contributed by atoms with Gasteiger partial charge in [0.15, 0.2) is 12.4 Å². The topological polar surface area (TPSA) is 34.8 Å². The van der Waals surface area contributed by atoms with Gasteiger partial charge in [0, 0.05) is 42.7 Å². The van der Waals surface area contributed by atoms with Gasteiger partial charge in [0.05, 0.1) is 0 Å². The van der Waals surface area contributed by atoms with Gasteiger partial charge >= 0.3 is 0 Å². The summed E-state index contributed by atoms with van der Waals surface area (Å²) in [4.78, 5) is 0. The molecule has 1 aromatic carbocycles. The highest BCUT2D eigenvalue weighted by molar-refractivity contribution is 5.91. The number of nitrogens with zero attached hydrogens (tertiary/aromatic N) is 2. The van der Waals surface area contributed by atoms with E-state index < -0.39 is 0 Å². The van der Waals surface area contributed by atoms with Crippen LogP contribution in [0.4, 0.5) is 0 Å². The first-order chi connectivity index (χ1) is 12.3. The third kappa shape index (κ3) is 4.58. The van der Waals surface area contributed by atoms with E-state index in [9.17, 15) is 0 Å². The summed E-state index contributed by atoms with van der Waals surface area (Å²) < 4.78 is 4.44. The average Bonchev–Trinajstić information content (AvgIpc) is 2.97. The molecule has 0 radical (unpaired) electrons. The summed E-state index contributed by atoms with van der Waals surface area (Å²) in [6, 6.07) is 12.9. The molecule has 0 spiro atoms. The van der Waals surface area contributed by atoms with Crippen LogP contribution in [0.15, 0.2) is 55.0 Å². The van der Waals surface area contributed by atoms with Crippen molar-refractivity contribution in [3.05, 3.63) is 66.1 Å². The Bertz CT molecular complexity index is 828. The molecule has 0 aliphatic heterocycles. The van der Waals surface area contributed by atoms with Crippen LogP contribution in [-0.2, 0) is 13.6 Å². The minimum atomic E-state index is 0.810. The second-order valence-electron chi connectivity index (χ2n) is 6.62. The molecule has 3 heteroatoms. The fourth-order valence-electron chi connectivity index (χ4n) is 3.21. The largest absolute Gasteiger partial charge is 0.350 e. The first kappa shape index (κ1) is 17.4. The van der Waals surface area contributed by atoms with E-state index in [2.05, 4.69) is 83.3 Å². The van der Waals surface area contributed by atoms with Crippen molar-refractivity contribution in [3.8, 4) is 0 Å². The lowest BCUT2D eigenvalue weighted by Crippen LogP contribution is -2.32. The molecule has 0 saturated carbocycles. The van der Waals surface area contributed by atoms with E-state index in [4.69, 9.17) is 5.73 Å². The SMILES string of the molecule is Cn1cc(/C=C/c2cc[n+](CCCCCCN)cc2)c2ccccc21. The zero-order valence-corrected chi connectivity index (χ0v) is 15.1. The van der Waals surface area contributed by atoms with Crippen molar-refractivity contribution in [2.24, 2.45) is 12.8 Å². The minimum Gasteiger partial charge on any atom is -0.350 e. The molecule has 2 aromatic heterocycles. The number of hydrogen-bond donors (Lipinski definition) is 1. The first-order valence-electron chi connectivity index (χ1n) is 9.19. The molecule has 0 aliphatic rings. The Morgan fingerprint density at radius 1 is 0.960 bits per heavy atom. The molecule has 0 atom stereocenters. The number of unbranched alkanes of at least 4 members (excludes halogenated alkanes) is 3. The Kier molecular flexibility index (Phi) is 6.02. The lowest BCUT2D eigenvalue weighted by atomic mass is 10.1. The van der Waals surface area contributed by atoms with Crippen LogP contribution in [-0.4, -0.2) is 11.1 Å². The molecular weight excluding hydrogens is 306 g/mol. The number of nitrogens with two attached hydrogens (primary N) is 1. The summed E-state index contributed by atoms with van der Waals surface area (Å²) in [7, 11) is 2.10. The molecular formula is C22H28N3+. The Balaban J connectivity index is 1.62.